The zero-order valence-corrected chi connectivity index (χ0v) is 12.6. The first kappa shape index (κ1) is 14.5. The third kappa shape index (κ3) is 3.23. The molecule has 0 bridgehead atoms. The quantitative estimate of drug-likeness (QED) is 0.906. The van der Waals surface area contributed by atoms with E-state index in [4.69, 9.17) is 21.1 Å². The van der Waals surface area contributed by atoms with Crippen LogP contribution in [0.5, 0.6) is 11.5 Å². The molecule has 0 saturated heterocycles. The Morgan fingerprint density at radius 2 is 2.09 bits per heavy atom. The molecule has 1 aromatic carbocycles. The fourth-order valence-electron chi connectivity index (χ4n) is 1.99. The molecule has 3 rings (SSSR count). The van der Waals surface area contributed by atoms with Crippen molar-refractivity contribution in [3.63, 3.8) is 0 Å². The van der Waals surface area contributed by atoms with E-state index < -0.39 is 6.04 Å². The Hall–Kier alpha value is -2.47. The highest BCUT2D eigenvalue weighted by Gasteiger charge is 2.17. The first-order valence-corrected chi connectivity index (χ1v) is 7.08. The number of nitrogens with one attached hydrogen (secondary N) is 2. The van der Waals surface area contributed by atoms with Crippen LogP contribution >= 0.6 is 11.6 Å². The van der Waals surface area contributed by atoms with Crippen molar-refractivity contribution in [2.45, 2.75) is 13.0 Å². The van der Waals surface area contributed by atoms with Gasteiger partial charge in [0.15, 0.2) is 11.5 Å². The molecular formula is C15H14ClN3O3. The Labute approximate surface area is 132 Å². The van der Waals surface area contributed by atoms with Gasteiger partial charge in [-0.2, -0.15) is 0 Å². The van der Waals surface area contributed by atoms with Gasteiger partial charge < -0.3 is 20.1 Å². The fourth-order valence-corrected chi connectivity index (χ4v) is 2.10. The largest absolute Gasteiger partial charge is 0.454 e. The molecule has 0 aliphatic carbocycles. The lowest BCUT2D eigenvalue weighted by molar-refractivity contribution is -0.116. The van der Waals surface area contributed by atoms with Crippen LogP contribution < -0.4 is 20.1 Å². The van der Waals surface area contributed by atoms with Crippen molar-refractivity contribution in [3.8, 4) is 11.5 Å². The third-order valence-electron chi connectivity index (χ3n) is 3.13. The Balaban J connectivity index is 1.62. The topological polar surface area (TPSA) is 72.5 Å². The average Bonchev–Trinajstić information content (AvgIpc) is 2.97. The molecule has 0 fully saturated rings. The van der Waals surface area contributed by atoms with Gasteiger partial charge in [0.25, 0.3) is 0 Å². The number of carbonyl (C=O) groups is 1. The van der Waals surface area contributed by atoms with Crippen LogP contribution in [0.2, 0.25) is 5.02 Å². The maximum Gasteiger partial charge on any atom is 0.247 e. The number of pyridine rings is 1. The summed E-state index contributed by atoms with van der Waals surface area (Å²) in [5.41, 5.74) is 0.774. The van der Waals surface area contributed by atoms with Crippen molar-refractivity contribution in [3.05, 3.63) is 41.6 Å². The van der Waals surface area contributed by atoms with E-state index in [0.717, 1.165) is 5.69 Å². The monoisotopic (exact) mass is 319 g/mol. The van der Waals surface area contributed by atoms with Crippen LogP contribution in [0.1, 0.15) is 6.92 Å². The zero-order valence-electron chi connectivity index (χ0n) is 11.8. The maximum absolute atomic E-state index is 12.1. The molecule has 2 N–H and O–H groups in total. The number of halogens is 1. The summed E-state index contributed by atoms with van der Waals surface area (Å²) < 4.78 is 10.5. The summed E-state index contributed by atoms with van der Waals surface area (Å²) in [7, 11) is 0. The third-order valence-corrected chi connectivity index (χ3v) is 3.35. The second kappa shape index (κ2) is 6.11. The lowest BCUT2D eigenvalue weighted by atomic mass is 10.2. The SMILES string of the molecule is C[C@H](Nc1ccc2c(c1)OCO2)C(=O)Nc1ccc(Cl)cn1. The summed E-state index contributed by atoms with van der Waals surface area (Å²) >= 11 is 5.75. The Morgan fingerprint density at radius 3 is 2.86 bits per heavy atom. The molecule has 1 aromatic heterocycles. The van der Waals surface area contributed by atoms with Crippen molar-refractivity contribution in [1.29, 1.82) is 0 Å². The van der Waals surface area contributed by atoms with Gasteiger partial charge in [-0.15, -0.1) is 0 Å². The van der Waals surface area contributed by atoms with Gasteiger partial charge in [-0.1, -0.05) is 11.6 Å². The predicted molar refractivity (Wildman–Crippen MR) is 83.5 cm³/mol. The fraction of sp³-hybridized carbons (Fsp3) is 0.200. The van der Waals surface area contributed by atoms with Crippen molar-refractivity contribution < 1.29 is 14.3 Å². The van der Waals surface area contributed by atoms with E-state index in [1.807, 2.05) is 6.07 Å². The van der Waals surface area contributed by atoms with Gasteiger partial charge in [0.1, 0.15) is 11.9 Å². The normalized spacial score (nSPS) is 13.5. The molecule has 22 heavy (non-hydrogen) atoms. The van der Waals surface area contributed by atoms with E-state index in [9.17, 15) is 4.79 Å². The molecule has 1 amide bonds. The number of fused-ring (bicyclic) bond motifs is 1. The molecular weight excluding hydrogens is 306 g/mol. The van der Waals surface area contributed by atoms with Crippen LogP contribution in [-0.4, -0.2) is 23.7 Å². The van der Waals surface area contributed by atoms with E-state index in [0.29, 0.717) is 22.3 Å². The van der Waals surface area contributed by atoms with Crippen molar-refractivity contribution in [2.75, 3.05) is 17.4 Å². The highest BCUT2D eigenvalue weighted by Crippen LogP contribution is 2.34. The highest BCUT2D eigenvalue weighted by atomic mass is 35.5. The number of anilines is 2. The van der Waals surface area contributed by atoms with Crippen molar-refractivity contribution >= 4 is 29.0 Å². The van der Waals surface area contributed by atoms with Crippen molar-refractivity contribution in [2.24, 2.45) is 0 Å². The summed E-state index contributed by atoms with van der Waals surface area (Å²) in [5.74, 6) is 1.62. The molecule has 114 valence electrons. The molecule has 0 unspecified atom stereocenters. The first-order valence-electron chi connectivity index (χ1n) is 6.70. The Bertz CT molecular complexity index is 691. The minimum absolute atomic E-state index is 0.201. The van der Waals surface area contributed by atoms with Crippen LogP contribution in [0, 0.1) is 0 Å². The van der Waals surface area contributed by atoms with Gasteiger partial charge in [0.2, 0.25) is 12.7 Å². The molecule has 7 heteroatoms. The Morgan fingerprint density at radius 1 is 1.27 bits per heavy atom. The van der Waals surface area contributed by atoms with Crippen LogP contribution in [0.3, 0.4) is 0 Å². The van der Waals surface area contributed by atoms with Crippen LogP contribution in [0.4, 0.5) is 11.5 Å². The minimum atomic E-state index is -0.446. The standard InChI is InChI=1S/C15H14ClN3O3/c1-9(15(20)19-14-5-2-10(16)7-17-14)18-11-3-4-12-13(6-11)22-8-21-12/h2-7,9,18H,8H2,1H3,(H,17,19,20)/t9-/m0/s1. The predicted octanol–water partition coefficient (Wildman–Crippen LogP) is 2.90. The van der Waals surface area contributed by atoms with Gasteiger partial charge in [-0.3, -0.25) is 4.79 Å². The molecule has 1 atom stereocenters. The van der Waals surface area contributed by atoms with E-state index >= 15 is 0 Å². The van der Waals surface area contributed by atoms with E-state index in [2.05, 4.69) is 15.6 Å². The summed E-state index contributed by atoms with van der Waals surface area (Å²) in [6.45, 7) is 1.98. The molecule has 6 nitrogen and oxygen atoms in total. The van der Waals surface area contributed by atoms with Gasteiger partial charge >= 0.3 is 0 Å². The average molecular weight is 320 g/mol. The van der Waals surface area contributed by atoms with E-state index in [1.54, 1.807) is 31.2 Å². The number of ether oxygens (including phenoxy) is 2. The zero-order chi connectivity index (χ0) is 15.5. The smallest absolute Gasteiger partial charge is 0.247 e. The number of amides is 1. The molecule has 0 saturated carbocycles. The number of benzene rings is 1. The number of carbonyl (C=O) groups excluding carboxylic acids is 1. The number of rotatable bonds is 4. The van der Waals surface area contributed by atoms with Gasteiger partial charge in [-0.25, -0.2) is 4.98 Å². The Kier molecular flexibility index (Phi) is 4.02. The van der Waals surface area contributed by atoms with Crippen LogP contribution in [-0.2, 0) is 4.79 Å². The molecule has 0 spiro atoms. The lowest BCUT2D eigenvalue weighted by Gasteiger charge is -2.15. The lowest BCUT2D eigenvalue weighted by Crippen LogP contribution is -2.32. The van der Waals surface area contributed by atoms with Crippen LogP contribution in [0.25, 0.3) is 0 Å². The van der Waals surface area contributed by atoms with Gasteiger partial charge in [0.05, 0.1) is 5.02 Å². The number of nitrogens with zero attached hydrogens (tertiary/aromatic N) is 1. The molecule has 2 aromatic rings. The summed E-state index contributed by atoms with van der Waals surface area (Å²) in [4.78, 5) is 16.2. The molecule has 1 aliphatic rings. The molecule has 0 radical (unpaired) electrons. The van der Waals surface area contributed by atoms with Crippen LogP contribution in [0.15, 0.2) is 36.5 Å². The maximum atomic E-state index is 12.1. The second-order valence-electron chi connectivity index (χ2n) is 4.78. The number of hydrogen-bond acceptors (Lipinski definition) is 5. The number of hydrogen-bond donors (Lipinski definition) is 2. The summed E-state index contributed by atoms with van der Waals surface area (Å²) in [6, 6.07) is 8.30. The second-order valence-corrected chi connectivity index (χ2v) is 5.22. The molecule has 2 heterocycles. The van der Waals surface area contributed by atoms with E-state index in [1.165, 1.54) is 6.20 Å². The van der Waals surface area contributed by atoms with Gasteiger partial charge in [-0.05, 0) is 31.2 Å². The van der Waals surface area contributed by atoms with Gasteiger partial charge in [0, 0.05) is 18.0 Å². The first-order chi connectivity index (χ1) is 10.6. The summed E-state index contributed by atoms with van der Waals surface area (Å²) in [5, 5.41) is 6.33. The molecule has 1 aliphatic heterocycles. The minimum Gasteiger partial charge on any atom is -0.454 e. The highest BCUT2D eigenvalue weighted by molar-refractivity contribution is 6.30. The summed E-state index contributed by atoms with van der Waals surface area (Å²) in [6.07, 6.45) is 1.48. The number of aromatic nitrogens is 1. The van der Waals surface area contributed by atoms with E-state index in [-0.39, 0.29) is 12.7 Å². The van der Waals surface area contributed by atoms with Crippen molar-refractivity contribution in [1.82, 2.24) is 4.98 Å².